The van der Waals surface area contributed by atoms with Crippen LogP contribution in [0, 0.1) is 5.92 Å². The first-order valence-corrected chi connectivity index (χ1v) is 6.91. The topological polar surface area (TPSA) is 21.3 Å². The summed E-state index contributed by atoms with van der Waals surface area (Å²) in [5.41, 5.74) is 2.39. The fourth-order valence-corrected chi connectivity index (χ4v) is 2.51. The van der Waals surface area contributed by atoms with Crippen LogP contribution in [0.1, 0.15) is 6.42 Å². The zero-order valence-electron chi connectivity index (χ0n) is 11.0. The number of hydrogen-bond acceptors (Lipinski definition) is 2. The molecule has 0 spiro atoms. The van der Waals surface area contributed by atoms with Crippen molar-refractivity contribution < 1.29 is 4.74 Å². The summed E-state index contributed by atoms with van der Waals surface area (Å²) in [7, 11) is 0. The molecular weight excluding hydrogens is 234 g/mol. The second kappa shape index (κ2) is 5.89. The number of rotatable bonds is 4. The molecular formula is C17H19NO. The quantitative estimate of drug-likeness (QED) is 0.902. The summed E-state index contributed by atoms with van der Waals surface area (Å²) >= 11 is 0. The number of ether oxygens (including phenoxy) is 1. The molecule has 3 rings (SSSR count). The molecule has 2 nitrogen and oxygen atoms in total. The van der Waals surface area contributed by atoms with Gasteiger partial charge in [0, 0.05) is 18.0 Å². The summed E-state index contributed by atoms with van der Waals surface area (Å²) in [5.74, 6) is 1.63. The number of para-hydroxylation sites is 1. The van der Waals surface area contributed by atoms with Gasteiger partial charge in [-0.15, -0.1) is 0 Å². The average molecular weight is 253 g/mol. The van der Waals surface area contributed by atoms with Gasteiger partial charge >= 0.3 is 0 Å². The lowest BCUT2D eigenvalue weighted by atomic mass is 10.0. The van der Waals surface area contributed by atoms with Crippen molar-refractivity contribution in [3.05, 3.63) is 54.6 Å². The molecule has 0 aromatic heterocycles. The first kappa shape index (κ1) is 12.2. The molecule has 2 aromatic carbocycles. The van der Waals surface area contributed by atoms with E-state index in [1.165, 1.54) is 17.5 Å². The smallest absolute Gasteiger partial charge is 0.127 e. The largest absolute Gasteiger partial charge is 0.493 e. The lowest BCUT2D eigenvalue weighted by Crippen LogP contribution is -2.15. The van der Waals surface area contributed by atoms with E-state index in [2.05, 4.69) is 47.8 Å². The predicted molar refractivity (Wildman–Crippen MR) is 78.3 cm³/mol. The Bertz CT molecular complexity index is 518. The summed E-state index contributed by atoms with van der Waals surface area (Å²) in [4.78, 5) is 0. The highest BCUT2D eigenvalue weighted by Crippen LogP contribution is 2.30. The van der Waals surface area contributed by atoms with Crippen molar-refractivity contribution in [2.45, 2.75) is 6.42 Å². The van der Waals surface area contributed by atoms with Crippen LogP contribution in [0.2, 0.25) is 0 Å². The Balaban J connectivity index is 1.77. The zero-order valence-corrected chi connectivity index (χ0v) is 11.0. The van der Waals surface area contributed by atoms with E-state index in [0.717, 1.165) is 25.4 Å². The van der Waals surface area contributed by atoms with Gasteiger partial charge in [0.2, 0.25) is 0 Å². The molecule has 0 amide bonds. The van der Waals surface area contributed by atoms with E-state index in [-0.39, 0.29) is 0 Å². The van der Waals surface area contributed by atoms with Gasteiger partial charge in [-0.2, -0.15) is 0 Å². The van der Waals surface area contributed by atoms with Gasteiger partial charge in [-0.3, -0.25) is 0 Å². The van der Waals surface area contributed by atoms with E-state index in [9.17, 15) is 0 Å². The van der Waals surface area contributed by atoms with Gasteiger partial charge in [0.15, 0.2) is 0 Å². The maximum absolute atomic E-state index is 6.04. The Morgan fingerprint density at radius 1 is 1.00 bits per heavy atom. The zero-order chi connectivity index (χ0) is 12.9. The molecule has 1 saturated heterocycles. The third kappa shape index (κ3) is 2.96. The maximum atomic E-state index is 6.04. The van der Waals surface area contributed by atoms with Crippen molar-refractivity contribution in [2.75, 3.05) is 19.7 Å². The molecule has 0 unspecified atom stereocenters. The molecule has 0 bridgehead atoms. The van der Waals surface area contributed by atoms with Crippen LogP contribution in [0.5, 0.6) is 5.75 Å². The summed E-state index contributed by atoms with van der Waals surface area (Å²) in [6, 6.07) is 18.7. The summed E-state index contributed by atoms with van der Waals surface area (Å²) < 4.78 is 6.04. The van der Waals surface area contributed by atoms with Gasteiger partial charge in [0.1, 0.15) is 5.75 Å². The second-order valence-corrected chi connectivity index (χ2v) is 5.03. The first-order chi connectivity index (χ1) is 9.43. The van der Waals surface area contributed by atoms with E-state index in [0.29, 0.717) is 5.92 Å². The standard InChI is InChI=1S/C17H19NO/c1-2-6-15(7-3-1)16-8-4-5-9-17(16)19-13-14-10-11-18-12-14/h1-9,14,18H,10-13H2/t14-/m1/s1. The molecule has 98 valence electrons. The highest BCUT2D eigenvalue weighted by atomic mass is 16.5. The molecule has 1 atom stereocenters. The Kier molecular flexibility index (Phi) is 3.80. The van der Waals surface area contributed by atoms with Crippen molar-refractivity contribution in [3.8, 4) is 16.9 Å². The Labute approximate surface area is 114 Å². The Morgan fingerprint density at radius 2 is 1.79 bits per heavy atom. The molecule has 0 aliphatic carbocycles. The summed E-state index contributed by atoms with van der Waals surface area (Å²) in [6.45, 7) is 3.00. The van der Waals surface area contributed by atoms with Crippen LogP contribution >= 0.6 is 0 Å². The van der Waals surface area contributed by atoms with Gasteiger partial charge in [0.05, 0.1) is 6.61 Å². The van der Waals surface area contributed by atoms with Crippen LogP contribution in [0.4, 0.5) is 0 Å². The van der Waals surface area contributed by atoms with Crippen LogP contribution in [0.3, 0.4) is 0 Å². The third-order valence-corrected chi connectivity index (χ3v) is 3.61. The normalized spacial score (nSPS) is 18.4. The van der Waals surface area contributed by atoms with Gasteiger partial charge < -0.3 is 10.1 Å². The molecule has 1 fully saturated rings. The maximum Gasteiger partial charge on any atom is 0.127 e. The molecule has 1 aliphatic heterocycles. The number of nitrogens with one attached hydrogen (secondary N) is 1. The first-order valence-electron chi connectivity index (χ1n) is 6.91. The van der Waals surface area contributed by atoms with Crippen molar-refractivity contribution in [3.63, 3.8) is 0 Å². The van der Waals surface area contributed by atoms with Gasteiger partial charge in [-0.1, -0.05) is 48.5 Å². The minimum Gasteiger partial charge on any atom is -0.493 e. The van der Waals surface area contributed by atoms with E-state index in [1.807, 2.05) is 12.1 Å². The average Bonchev–Trinajstić information content (AvgIpc) is 3.00. The van der Waals surface area contributed by atoms with Crippen LogP contribution in [-0.4, -0.2) is 19.7 Å². The molecule has 0 radical (unpaired) electrons. The van der Waals surface area contributed by atoms with Crippen molar-refractivity contribution in [2.24, 2.45) is 5.92 Å². The van der Waals surface area contributed by atoms with E-state index < -0.39 is 0 Å². The van der Waals surface area contributed by atoms with Crippen molar-refractivity contribution in [1.82, 2.24) is 5.32 Å². The summed E-state index contributed by atoms with van der Waals surface area (Å²) in [5, 5.41) is 3.37. The summed E-state index contributed by atoms with van der Waals surface area (Å²) in [6.07, 6.45) is 1.22. The fraction of sp³-hybridized carbons (Fsp3) is 0.294. The van der Waals surface area contributed by atoms with Crippen molar-refractivity contribution >= 4 is 0 Å². The number of benzene rings is 2. The SMILES string of the molecule is c1ccc(-c2ccccc2OC[C@@H]2CCNC2)cc1. The lowest BCUT2D eigenvalue weighted by Gasteiger charge is -2.14. The van der Waals surface area contributed by atoms with E-state index in [4.69, 9.17) is 4.74 Å². The minimum absolute atomic E-state index is 0.642. The van der Waals surface area contributed by atoms with E-state index >= 15 is 0 Å². The Morgan fingerprint density at radius 3 is 2.58 bits per heavy atom. The van der Waals surface area contributed by atoms with Crippen LogP contribution < -0.4 is 10.1 Å². The Hall–Kier alpha value is -1.80. The second-order valence-electron chi connectivity index (χ2n) is 5.03. The monoisotopic (exact) mass is 253 g/mol. The van der Waals surface area contributed by atoms with Gasteiger partial charge in [-0.25, -0.2) is 0 Å². The van der Waals surface area contributed by atoms with E-state index in [1.54, 1.807) is 0 Å². The minimum atomic E-state index is 0.642. The van der Waals surface area contributed by atoms with Crippen LogP contribution in [0.25, 0.3) is 11.1 Å². The van der Waals surface area contributed by atoms with Crippen LogP contribution in [0.15, 0.2) is 54.6 Å². The fourth-order valence-electron chi connectivity index (χ4n) is 2.51. The third-order valence-electron chi connectivity index (χ3n) is 3.61. The lowest BCUT2D eigenvalue weighted by molar-refractivity contribution is 0.261. The van der Waals surface area contributed by atoms with Gasteiger partial charge in [0.25, 0.3) is 0 Å². The highest BCUT2D eigenvalue weighted by Gasteiger charge is 2.15. The molecule has 0 saturated carbocycles. The molecule has 1 heterocycles. The van der Waals surface area contributed by atoms with Crippen LogP contribution in [-0.2, 0) is 0 Å². The highest BCUT2D eigenvalue weighted by molar-refractivity contribution is 5.70. The molecule has 19 heavy (non-hydrogen) atoms. The molecule has 2 aromatic rings. The molecule has 2 heteroatoms. The van der Waals surface area contributed by atoms with Crippen molar-refractivity contribution in [1.29, 1.82) is 0 Å². The molecule has 1 aliphatic rings. The van der Waals surface area contributed by atoms with Gasteiger partial charge in [-0.05, 0) is 24.6 Å². The molecule has 1 N–H and O–H groups in total. The number of hydrogen-bond donors (Lipinski definition) is 1. The predicted octanol–water partition coefficient (Wildman–Crippen LogP) is 3.34.